The van der Waals surface area contributed by atoms with Gasteiger partial charge in [-0.15, -0.1) is 0 Å². The molecule has 1 aromatic carbocycles. The third kappa shape index (κ3) is 5.13. The lowest BCUT2D eigenvalue weighted by Crippen LogP contribution is -2.38. The second-order valence-corrected chi connectivity index (χ2v) is 9.37. The number of morpholine rings is 1. The number of anilines is 1. The molecule has 3 heterocycles. The summed E-state index contributed by atoms with van der Waals surface area (Å²) >= 11 is 0. The summed E-state index contributed by atoms with van der Waals surface area (Å²) < 4.78 is 7.67. The van der Waals surface area contributed by atoms with Gasteiger partial charge in [-0.3, -0.25) is 9.58 Å². The van der Waals surface area contributed by atoms with Gasteiger partial charge in [-0.05, 0) is 44.3 Å². The predicted molar refractivity (Wildman–Crippen MR) is 127 cm³/mol. The van der Waals surface area contributed by atoms with E-state index in [1.165, 1.54) is 54.1 Å². The third-order valence-electron chi connectivity index (χ3n) is 6.68. The highest BCUT2D eigenvalue weighted by Crippen LogP contribution is 2.30. The number of aromatic nitrogens is 2. The van der Waals surface area contributed by atoms with Crippen LogP contribution in [0.4, 0.5) is 5.82 Å². The van der Waals surface area contributed by atoms with Gasteiger partial charge in [-0.2, -0.15) is 5.10 Å². The first-order valence-corrected chi connectivity index (χ1v) is 11.9. The van der Waals surface area contributed by atoms with Gasteiger partial charge >= 0.3 is 0 Å². The van der Waals surface area contributed by atoms with Crippen molar-refractivity contribution in [3.05, 3.63) is 46.6 Å². The molecule has 0 aliphatic carbocycles. The van der Waals surface area contributed by atoms with Crippen LogP contribution in [0.2, 0.25) is 0 Å². The molecule has 1 unspecified atom stereocenters. The van der Waals surface area contributed by atoms with E-state index in [-0.39, 0.29) is 0 Å². The van der Waals surface area contributed by atoms with Crippen molar-refractivity contribution >= 4 is 5.82 Å². The largest absolute Gasteiger partial charge is 0.378 e. The number of likely N-dealkylation sites (tertiary alicyclic amines) is 1. The van der Waals surface area contributed by atoms with Crippen LogP contribution < -0.4 is 10.2 Å². The third-order valence-corrected chi connectivity index (χ3v) is 6.68. The minimum absolute atomic E-state index is 0.407. The molecule has 2 aromatic rings. The van der Waals surface area contributed by atoms with Gasteiger partial charge in [0.1, 0.15) is 5.82 Å². The van der Waals surface area contributed by atoms with Crippen LogP contribution >= 0.6 is 0 Å². The average Bonchev–Trinajstić information content (AvgIpc) is 3.41. The van der Waals surface area contributed by atoms with E-state index in [0.29, 0.717) is 12.0 Å². The molecule has 0 saturated carbocycles. The van der Waals surface area contributed by atoms with Crippen LogP contribution in [0.5, 0.6) is 0 Å². The van der Waals surface area contributed by atoms with Gasteiger partial charge in [0.15, 0.2) is 0 Å². The highest BCUT2D eigenvalue weighted by Gasteiger charge is 2.26. The molecule has 0 radical (unpaired) electrons. The van der Waals surface area contributed by atoms with Gasteiger partial charge in [0.05, 0.1) is 18.9 Å². The summed E-state index contributed by atoms with van der Waals surface area (Å²) in [6, 6.07) is 9.53. The Kier molecular flexibility index (Phi) is 7.31. The van der Waals surface area contributed by atoms with E-state index >= 15 is 0 Å². The first-order valence-electron chi connectivity index (χ1n) is 11.9. The van der Waals surface area contributed by atoms with Crippen molar-refractivity contribution in [2.75, 3.05) is 50.8 Å². The van der Waals surface area contributed by atoms with Gasteiger partial charge in [0, 0.05) is 44.8 Å². The van der Waals surface area contributed by atoms with Gasteiger partial charge in [-0.1, -0.05) is 43.7 Å². The Morgan fingerprint density at radius 2 is 1.71 bits per heavy atom. The molecule has 0 spiro atoms. The van der Waals surface area contributed by atoms with Crippen molar-refractivity contribution in [3.8, 4) is 0 Å². The fourth-order valence-corrected chi connectivity index (χ4v) is 5.02. The fourth-order valence-electron chi connectivity index (χ4n) is 5.02. The summed E-state index contributed by atoms with van der Waals surface area (Å²) in [6.45, 7) is 14.3. The molecule has 6 heteroatoms. The van der Waals surface area contributed by atoms with E-state index < -0.39 is 0 Å². The molecule has 31 heavy (non-hydrogen) atoms. The second kappa shape index (κ2) is 10.2. The number of ether oxygens (including phenoxy) is 1. The Morgan fingerprint density at radius 3 is 2.35 bits per heavy atom. The van der Waals surface area contributed by atoms with E-state index in [2.05, 4.69) is 71.9 Å². The highest BCUT2D eigenvalue weighted by molar-refractivity contribution is 5.51. The molecule has 2 fully saturated rings. The molecular formula is C25H39N5O. The van der Waals surface area contributed by atoms with Crippen LogP contribution in [-0.2, 0) is 18.3 Å². The summed E-state index contributed by atoms with van der Waals surface area (Å²) in [7, 11) is 2.08. The molecule has 4 rings (SSSR count). The summed E-state index contributed by atoms with van der Waals surface area (Å²) in [5.74, 6) is 1.66. The van der Waals surface area contributed by atoms with E-state index in [1.807, 2.05) is 0 Å². The maximum atomic E-state index is 5.59. The van der Waals surface area contributed by atoms with Crippen molar-refractivity contribution in [2.45, 2.75) is 52.1 Å². The number of hydrogen-bond acceptors (Lipinski definition) is 5. The SMILES string of the molecule is Cc1ccc(C(CNCc2c(C(C)C)nn(C)c2N2CCOCC2)N2CCCC2)cc1. The molecule has 2 saturated heterocycles. The predicted octanol–water partition coefficient (Wildman–Crippen LogP) is 3.62. The van der Waals surface area contributed by atoms with Gasteiger partial charge < -0.3 is 15.0 Å². The van der Waals surface area contributed by atoms with E-state index in [0.717, 1.165) is 39.4 Å². The maximum absolute atomic E-state index is 5.59. The fraction of sp³-hybridized carbons (Fsp3) is 0.640. The summed E-state index contributed by atoms with van der Waals surface area (Å²) in [6.07, 6.45) is 2.62. The van der Waals surface area contributed by atoms with Crippen LogP contribution in [0.3, 0.4) is 0 Å². The zero-order valence-electron chi connectivity index (χ0n) is 19.7. The molecule has 1 atom stereocenters. The number of hydrogen-bond donors (Lipinski definition) is 1. The molecule has 0 bridgehead atoms. The summed E-state index contributed by atoms with van der Waals surface area (Å²) in [5, 5.41) is 8.74. The maximum Gasteiger partial charge on any atom is 0.131 e. The number of nitrogens with one attached hydrogen (secondary N) is 1. The standard InChI is InChI=1S/C25H39N5O/c1-19(2)24-22(25(28(4)27-24)30-13-15-31-16-14-30)17-26-18-23(29-11-5-6-12-29)21-9-7-20(3)8-10-21/h7-10,19,23,26H,5-6,11-18H2,1-4H3. The van der Waals surface area contributed by atoms with Crippen LogP contribution in [0, 0.1) is 6.92 Å². The van der Waals surface area contributed by atoms with Crippen molar-refractivity contribution in [3.63, 3.8) is 0 Å². The van der Waals surface area contributed by atoms with Gasteiger partial charge in [0.2, 0.25) is 0 Å². The minimum atomic E-state index is 0.407. The van der Waals surface area contributed by atoms with Crippen LogP contribution in [0.1, 0.15) is 61.0 Å². The molecule has 2 aliphatic rings. The normalized spacial score (nSPS) is 18.8. The van der Waals surface area contributed by atoms with Crippen molar-refractivity contribution in [2.24, 2.45) is 7.05 Å². The smallest absolute Gasteiger partial charge is 0.131 e. The molecule has 170 valence electrons. The van der Waals surface area contributed by atoms with Crippen LogP contribution in [0.25, 0.3) is 0 Å². The summed E-state index contributed by atoms with van der Waals surface area (Å²) in [4.78, 5) is 5.09. The Hall–Kier alpha value is -1.89. The van der Waals surface area contributed by atoms with E-state index in [4.69, 9.17) is 9.84 Å². The zero-order chi connectivity index (χ0) is 21.8. The van der Waals surface area contributed by atoms with Gasteiger partial charge in [-0.25, -0.2) is 0 Å². The topological polar surface area (TPSA) is 45.6 Å². The van der Waals surface area contributed by atoms with E-state index in [1.54, 1.807) is 0 Å². The zero-order valence-corrected chi connectivity index (χ0v) is 19.7. The van der Waals surface area contributed by atoms with Crippen LogP contribution in [0.15, 0.2) is 24.3 Å². The number of nitrogens with zero attached hydrogens (tertiary/aromatic N) is 4. The lowest BCUT2D eigenvalue weighted by molar-refractivity contribution is 0.122. The Balaban J connectivity index is 1.52. The second-order valence-electron chi connectivity index (χ2n) is 9.37. The highest BCUT2D eigenvalue weighted by atomic mass is 16.5. The summed E-state index contributed by atoms with van der Waals surface area (Å²) in [5.41, 5.74) is 5.31. The van der Waals surface area contributed by atoms with Crippen molar-refractivity contribution in [1.82, 2.24) is 20.0 Å². The van der Waals surface area contributed by atoms with E-state index in [9.17, 15) is 0 Å². The number of rotatable bonds is 8. The molecule has 2 aliphatic heterocycles. The monoisotopic (exact) mass is 425 g/mol. The Morgan fingerprint density at radius 1 is 1.03 bits per heavy atom. The Labute approximate surface area is 187 Å². The Bertz CT molecular complexity index is 832. The number of benzene rings is 1. The molecule has 6 nitrogen and oxygen atoms in total. The average molecular weight is 426 g/mol. The first kappa shape index (κ1) is 22.3. The molecule has 0 amide bonds. The lowest BCUT2D eigenvalue weighted by atomic mass is 10.0. The number of aryl methyl sites for hydroxylation is 2. The van der Waals surface area contributed by atoms with Crippen molar-refractivity contribution < 1.29 is 4.74 Å². The molecule has 1 N–H and O–H groups in total. The van der Waals surface area contributed by atoms with Crippen LogP contribution in [-0.4, -0.2) is 60.6 Å². The lowest BCUT2D eigenvalue weighted by Gasteiger charge is -2.30. The minimum Gasteiger partial charge on any atom is -0.378 e. The molecule has 1 aromatic heterocycles. The quantitative estimate of drug-likeness (QED) is 0.700. The first-order chi connectivity index (χ1) is 15.0. The molecular weight excluding hydrogens is 386 g/mol. The van der Waals surface area contributed by atoms with Gasteiger partial charge in [0.25, 0.3) is 0 Å². The van der Waals surface area contributed by atoms with Crippen molar-refractivity contribution in [1.29, 1.82) is 0 Å².